The van der Waals surface area contributed by atoms with Gasteiger partial charge < -0.3 is 4.84 Å². The molecule has 56 valence electrons. The average molecular weight is 139 g/mol. The summed E-state index contributed by atoms with van der Waals surface area (Å²) in [5.41, 5.74) is 0. The van der Waals surface area contributed by atoms with E-state index in [1.165, 1.54) is 32.1 Å². The number of oxime groups is 1. The van der Waals surface area contributed by atoms with E-state index in [0.717, 1.165) is 5.92 Å². The van der Waals surface area contributed by atoms with Gasteiger partial charge in [0.2, 0.25) is 0 Å². The fourth-order valence-corrected chi connectivity index (χ4v) is 0.970. The molecular formula is C8H13NO. The van der Waals surface area contributed by atoms with Gasteiger partial charge in [0.15, 0.2) is 0 Å². The average Bonchev–Trinajstić information content (AvgIpc) is 2.58. The van der Waals surface area contributed by atoms with Crippen LogP contribution in [0, 0.1) is 5.92 Å². The van der Waals surface area contributed by atoms with E-state index < -0.39 is 0 Å². The highest BCUT2D eigenvalue weighted by molar-refractivity contribution is 5.60. The first-order valence-corrected chi connectivity index (χ1v) is 4.14. The van der Waals surface area contributed by atoms with Crippen LogP contribution >= 0.6 is 0 Å². The Morgan fingerprint density at radius 2 is 2.00 bits per heavy atom. The predicted molar refractivity (Wildman–Crippen MR) is 39.9 cm³/mol. The van der Waals surface area contributed by atoms with E-state index in [-0.39, 0.29) is 0 Å². The predicted octanol–water partition coefficient (Wildman–Crippen LogP) is 1.95. The first-order chi connectivity index (χ1) is 4.95. The molecule has 2 saturated carbocycles. The van der Waals surface area contributed by atoms with Gasteiger partial charge in [-0.2, -0.15) is 0 Å². The third-order valence-corrected chi connectivity index (χ3v) is 2.16. The zero-order valence-corrected chi connectivity index (χ0v) is 6.12. The van der Waals surface area contributed by atoms with Crippen LogP contribution < -0.4 is 0 Å². The third-order valence-electron chi connectivity index (χ3n) is 2.16. The molecule has 0 atom stereocenters. The SMILES string of the molecule is C(=N\OC1CC1)/C1CCC1. The van der Waals surface area contributed by atoms with Crippen molar-refractivity contribution in [2.24, 2.45) is 11.1 Å². The van der Waals surface area contributed by atoms with E-state index in [4.69, 9.17) is 4.84 Å². The molecule has 0 N–H and O–H groups in total. The highest BCUT2D eigenvalue weighted by atomic mass is 16.6. The molecule has 0 aliphatic heterocycles. The first-order valence-electron chi connectivity index (χ1n) is 4.14. The van der Waals surface area contributed by atoms with E-state index in [2.05, 4.69) is 5.16 Å². The van der Waals surface area contributed by atoms with Crippen molar-refractivity contribution in [1.29, 1.82) is 0 Å². The van der Waals surface area contributed by atoms with Gasteiger partial charge in [-0.15, -0.1) is 0 Å². The Kier molecular flexibility index (Phi) is 1.61. The van der Waals surface area contributed by atoms with Crippen molar-refractivity contribution in [1.82, 2.24) is 0 Å². The van der Waals surface area contributed by atoms with Crippen molar-refractivity contribution in [3.63, 3.8) is 0 Å². The maximum atomic E-state index is 5.13. The minimum Gasteiger partial charge on any atom is -0.393 e. The lowest BCUT2D eigenvalue weighted by atomic mass is 9.87. The molecule has 2 rings (SSSR count). The Bertz CT molecular complexity index is 136. The summed E-state index contributed by atoms with van der Waals surface area (Å²) in [4.78, 5) is 5.13. The quantitative estimate of drug-likeness (QED) is 0.432. The van der Waals surface area contributed by atoms with Crippen molar-refractivity contribution < 1.29 is 4.84 Å². The number of hydrogen-bond acceptors (Lipinski definition) is 2. The van der Waals surface area contributed by atoms with Gasteiger partial charge in [0.05, 0.1) is 0 Å². The Balaban J connectivity index is 1.61. The second-order valence-corrected chi connectivity index (χ2v) is 3.25. The zero-order chi connectivity index (χ0) is 6.81. The van der Waals surface area contributed by atoms with Crippen LogP contribution in [0.4, 0.5) is 0 Å². The Labute approximate surface area is 61.2 Å². The van der Waals surface area contributed by atoms with Crippen LogP contribution in [-0.4, -0.2) is 12.3 Å². The molecule has 0 saturated heterocycles. The fourth-order valence-electron chi connectivity index (χ4n) is 0.970. The van der Waals surface area contributed by atoms with Crippen molar-refractivity contribution in [3.05, 3.63) is 0 Å². The van der Waals surface area contributed by atoms with Crippen LogP contribution in [0.15, 0.2) is 5.16 Å². The smallest absolute Gasteiger partial charge is 0.127 e. The second-order valence-electron chi connectivity index (χ2n) is 3.25. The Morgan fingerprint density at radius 1 is 1.20 bits per heavy atom. The van der Waals surface area contributed by atoms with Crippen molar-refractivity contribution in [2.45, 2.75) is 38.2 Å². The van der Waals surface area contributed by atoms with Crippen LogP contribution in [0.1, 0.15) is 32.1 Å². The van der Waals surface area contributed by atoms with Crippen LogP contribution in [0.3, 0.4) is 0 Å². The molecule has 0 aromatic carbocycles. The Morgan fingerprint density at radius 3 is 2.50 bits per heavy atom. The summed E-state index contributed by atoms with van der Waals surface area (Å²) in [6, 6.07) is 0. The van der Waals surface area contributed by atoms with E-state index in [9.17, 15) is 0 Å². The Hall–Kier alpha value is -0.530. The molecule has 0 heterocycles. The molecule has 0 aromatic heterocycles. The minimum atomic E-state index is 0.469. The van der Waals surface area contributed by atoms with Gasteiger partial charge >= 0.3 is 0 Å². The molecule has 0 amide bonds. The normalized spacial score (nSPS) is 26.8. The lowest BCUT2D eigenvalue weighted by molar-refractivity contribution is 0.128. The summed E-state index contributed by atoms with van der Waals surface area (Å²) in [7, 11) is 0. The molecule has 0 spiro atoms. The molecule has 0 aromatic rings. The van der Waals surface area contributed by atoms with Crippen molar-refractivity contribution >= 4 is 6.21 Å². The molecule has 0 unspecified atom stereocenters. The zero-order valence-electron chi connectivity index (χ0n) is 6.12. The van der Waals surface area contributed by atoms with Crippen molar-refractivity contribution in [2.75, 3.05) is 0 Å². The van der Waals surface area contributed by atoms with Gasteiger partial charge in [-0.25, -0.2) is 0 Å². The molecule has 2 aliphatic carbocycles. The number of hydrogen-bond donors (Lipinski definition) is 0. The monoisotopic (exact) mass is 139 g/mol. The summed E-state index contributed by atoms with van der Waals surface area (Å²) >= 11 is 0. The lowest BCUT2D eigenvalue weighted by Gasteiger charge is -2.19. The minimum absolute atomic E-state index is 0.469. The largest absolute Gasteiger partial charge is 0.393 e. The number of rotatable bonds is 3. The fraction of sp³-hybridized carbons (Fsp3) is 0.875. The van der Waals surface area contributed by atoms with Gasteiger partial charge in [-0.3, -0.25) is 0 Å². The summed E-state index contributed by atoms with van der Waals surface area (Å²) in [6.07, 6.45) is 8.87. The van der Waals surface area contributed by atoms with E-state index >= 15 is 0 Å². The van der Waals surface area contributed by atoms with Crippen LogP contribution in [0.5, 0.6) is 0 Å². The van der Waals surface area contributed by atoms with E-state index in [0.29, 0.717) is 6.10 Å². The van der Waals surface area contributed by atoms with Gasteiger partial charge in [0.25, 0.3) is 0 Å². The topological polar surface area (TPSA) is 21.6 Å². The van der Waals surface area contributed by atoms with Gasteiger partial charge in [0.1, 0.15) is 6.10 Å². The number of nitrogens with zero attached hydrogens (tertiary/aromatic N) is 1. The van der Waals surface area contributed by atoms with E-state index in [1.807, 2.05) is 6.21 Å². The molecule has 2 heteroatoms. The summed E-state index contributed by atoms with van der Waals surface area (Å²) in [5.74, 6) is 0.735. The summed E-state index contributed by atoms with van der Waals surface area (Å²) in [5, 5.41) is 3.93. The maximum absolute atomic E-state index is 5.13. The maximum Gasteiger partial charge on any atom is 0.127 e. The van der Waals surface area contributed by atoms with Gasteiger partial charge in [-0.1, -0.05) is 11.6 Å². The molecule has 2 aliphatic rings. The molecule has 10 heavy (non-hydrogen) atoms. The van der Waals surface area contributed by atoms with Crippen molar-refractivity contribution in [3.8, 4) is 0 Å². The molecule has 0 bridgehead atoms. The van der Waals surface area contributed by atoms with Gasteiger partial charge in [-0.05, 0) is 31.6 Å². The highest BCUT2D eigenvalue weighted by Gasteiger charge is 2.23. The standard InChI is InChI=1S/C8H13NO/c1-2-7(3-1)6-9-10-8-4-5-8/h6-8H,1-5H2/b9-6+. The molecular weight excluding hydrogens is 126 g/mol. The molecule has 2 nitrogen and oxygen atoms in total. The van der Waals surface area contributed by atoms with Crippen LogP contribution in [0.25, 0.3) is 0 Å². The summed E-state index contributed by atoms with van der Waals surface area (Å²) < 4.78 is 0. The van der Waals surface area contributed by atoms with E-state index in [1.54, 1.807) is 0 Å². The van der Waals surface area contributed by atoms with Gasteiger partial charge in [0, 0.05) is 6.21 Å². The van der Waals surface area contributed by atoms with Crippen LogP contribution in [0.2, 0.25) is 0 Å². The highest BCUT2D eigenvalue weighted by Crippen LogP contribution is 2.26. The molecule has 0 radical (unpaired) electrons. The summed E-state index contributed by atoms with van der Waals surface area (Å²) in [6.45, 7) is 0. The first kappa shape index (κ1) is 6.20. The lowest BCUT2D eigenvalue weighted by Crippen LogP contribution is -2.12. The van der Waals surface area contributed by atoms with Crippen LogP contribution in [-0.2, 0) is 4.84 Å². The third kappa shape index (κ3) is 1.49. The second kappa shape index (κ2) is 2.60. The molecule has 2 fully saturated rings.